The highest BCUT2D eigenvalue weighted by Crippen LogP contribution is 2.28. The van der Waals surface area contributed by atoms with Gasteiger partial charge in [0.1, 0.15) is 5.82 Å². The summed E-state index contributed by atoms with van der Waals surface area (Å²) in [6.07, 6.45) is 2.06. The summed E-state index contributed by atoms with van der Waals surface area (Å²) >= 11 is 6.94. The molecule has 2 heterocycles. The maximum atomic E-state index is 5.73. The van der Waals surface area contributed by atoms with E-state index in [0.29, 0.717) is 6.54 Å². The Hall–Kier alpha value is -0.170. The molecule has 1 fully saturated rings. The molecule has 0 saturated carbocycles. The van der Waals surface area contributed by atoms with Gasteiger partial charge >= 0.3 is 0 Å². The van der Waals surface area contributed by atoms with Crippen LogP contribution >= 0.6 is 31.9 Å². The number of ether oxygens (including phenoxy) is 1. The Morgan fingerprint density at radius 1 is 1.53 bits per heavy atom. The number of pyridine rings is 1. The fraction of sp³-hybridized carbons (Fsp3) is 0.545. The van der Waals surface area contributed by atoms with Crippen molar-refractivity contribution in [3.05, 3.63) is 21.2 Å². The van der Waals surface area contributed by atoms with E-state index in [0.717, 1.165) is 27.9 Å². The van der Waals surface area contributed by atoms with E-state index in [-0.39, 0.29) is 12.2 Å². The summed E-state index contributed by atoms with van der Waals surface area (Å²) in [5.41, 5.74) is 5.68. The van der Waals surface area contributed by atoms with Crippen LogP contribution in [0.15, 0.2) is 21.2 Å². The van der Waals surface area contributed by atoms with Gasteiger partial charge in [-0.25, -0.2) is 4.98 Å². The number of hydrogen-bond donors (Lipinski definition) is 1. The molecule has 1 aliphatic rings. The van der Waals surface area contributed by atoms with Crippen LogP contribution in [0.5, 0.6) is 0 Å². The molecular weight excluding hydrogens is 350 g/mol. The van der Waals surface area contributed by atoms with Gasteiger partial charge in [0.2, 0.25) is 0 Å². The van der Waals surface area contributed by atoms with Gasteiger partial charge in [0.15, 0.2) is 0 Å². The van der Waals surface area contributed by atoms with Crippen molar-refractivity contribution in [2.45, 2.75) is 19.1 Å². The van der Waals surface area contributed by atoms with Gasteiger partial charge in [0.25, 0.3) is 0 Å². The van der Waals surface area contributed by atoms with E-state index in [1.54, 1.807) is 6.20 Å². The number of rotatable bonds is 2. The average molecular weight is 365 g/mol. The van der Waals surface area contributed by atoms with Gasteiger partial charge < -0.3 is 15.4 Å². The summed E-state index contributed by atoms with van der Waals surface area (Å²) in [4.78, 5) is 6.65. The van der Waals surface area contributed by atoms with Crippen LogP contribution in [0.3, 0.4) is 0 Å². The summed E-state index contributed by atoms with van der Waals surface area (Å²) in [6.45, 7) is 4.22. The maximum absolute atomic E-state index is 5.73. The third-order valence-corrected chi connectivity index (χ3v) is 3.69. The second kappa shape index (κ2) is 5.65. The van der Waals surface area contributed by atoms with Crippen LogP contribution in [-0.2, 0) is 4.74 Å². The smallest absolute Gasteiger partial charge is 0.143 e. The standard InChI is InChI=1S/C11H15Br2N3O/c1-7-5-16(6-9(3-14)17-7)11-10(13)2-8(12)4-15-11/h2,4,7,9H,3,5-6,14H2,1H3. The summed E-state index contributed by atoms with van der Waals surface area (Å²) in [6, 6.07) is 2.00. The largest absolute Gasteiger partial charge is 0.370 e. The van der Waals surface area contributed by atoms with Crippen molar-refractivity contribution in [2.24, 2.45) is 5.73 Å². The van der Waals surface area contributed by atoms with Crippen LogP contribution in [0.25, 0.3) is 0 Å². The van der Waals surface area contributed by atoms with E-state index < -0.39 is 0 Å². The molecule has 94 valence electrons. The van der Waals surface area contributed by atoms with Gasteiger partial charge in [-0.05, 0) is 44.8 Å². The molecule has 6 heteroatoms. The molecule has 2 unspecified atom stereocenters. The average Bonchev–Trinajstić information content (AvgIpc) is 2.28. The Bertz CT molecular complexity index is 402. The van der Waals surface area contributed by atoms with E-state index in [1.165, 1.54) is 0 Å². The Kier molecular flexibility index (Phi) is 4.41. The zero-order valence-corrected chi connectivity index (χ0v) is 12.7. The van der Waals surface area contributed by atoms with E-state index in [9.17, 15) is 0 Å². The lowest BCUT2D eigenvalue weighted by Gasteiger charge is -2.37. The quantitative estimate of drug-likeness (QED) is 0.873. The van der Waals surface area contributed by atoms with Crippen LogP contribution in [0.2, 0.25) is 0 Å². The lowest BCUT2D eigenvalue weighted by atomic mass is 10.2. The Labute approximate surface area is 118 Å². The van der Waals surface area contributed by atoms with Gasteiger partial charge in [0.05, 0.1) is 16.7 Å². The Morgan fingerprint density at radius 2 is 2.29 bits per heavy atom. The molecular formula is C11H15Br2N3O. The van der Waals surface area contributed by atoms with Gasteiger partial charge in [-0.15, -0.1) is 0 Å². The van der Waals surface area contributed by atoms with E-state index in [2.05, 4.69) is 48.7 Å². The monoisotopic (exact) mass is 363 g/mol. The number of aromatic nitrogens is 1. The first-order chi connectivity index (χ1) is 8.10. The highest BCUT2D eigenvalue weighted by atomic mass is 79.9. The highest BCUT2D eigenvalue weighted by molar-refractivity contribution is 9.11. The van der Waals surface area contributed by atoms with Crippen LogP contribution in [0.1, 0.15) is 6.92 Å². The highest BCUT2D eigenvalue weighted by Gasteiger charge is 2.26. The SMILES string of the molecule is CC1CN(c2ncc(Br)cc2Br)CC(CN)O1. The third-order valence-electron chi connectivity index (χ3n) is 2.68. The van der Waals surface area contributed by atoms with Gasteiger partial charge in [-0.3, -0.25) is 0 Å². The molecule has 0 amide bonds. The van der Waals surface area contributed by atoms with Crippen molar-refractivity contribution in [2.75, 3.05) is 24.5 Å². The number of anilines is 1. The van der Waals surface area contributed by atoms with Gasteiger partial charge in [-0.1, -0.05) is 0 Å². The van der Waals surface area contributed by atoms with Crippen molar-refractivity contribution in [1.29, 1.82) is 0 Å². The topological polar surface area (TPSA) is 51.4 Å². The predicted octanol–water partition coefficient (Wildman–Crippen LogP) is 2.16. The second-order valence-electron chi connectivity index (χ2n) is 4.17. The normalized spacial score (nSPS) is 25.1. The molecule has 4 nitrogen and oxygen atoms in total. The number of hydrogen-bond acceptors (Lipinski definition) is 4. The fourth-order valence-corrected chi connectivity index (χ4v) is 3.23. The van der Waals surface area contributed by atoms with Crippen molar-refractivity contribution < 1.29 is 4.74 Å². The molecule has 0 bridgehead atoms. The number of nitrogens with zero attached hydrogens (tertiary/aromatic N) is 2. The fourth-order valence-electron chi connectivity index (χ4n) is 1.99. The van der Waals surface area contributed by atoms with Crippen molar-refractivity contribution in [3.63, 3.8) is 0 Å². The number of morpholine rings is 1. The van der Waals surface area contributed by atoms with E-state index in [1.807, 2.05) is 6.07 Å². The first-order valence-electron chi connectivity index (χ1n) is 5.51. The van der Waals surface area contributed by atoms with Gasteiger partial charge in [-0.2, -0.15) is 0 Å². The predicted molar refractivity (Wildman–Crippen MR) is 75.2 cm³/mol. The van der Waals surface area contributed by atoms with E-state index >= 15 is 0 Å². The lowest BCUT2D eigenvalue weighted by molar-refractivity contribution is -0.0107. The van der Waals surface area contributed by atoms with Crippen molar-refractivity contribution in [3.8, 4) is 0 Å². The molecule has 1 aromatic rings. The van der Waals surface area contributed by atoms with Crippen molar-refractivity contribution >= 4 is 37.7 Å². The molecule has 2 N–H and O–H groups in total. The number of nitrogens with two attached hydrogens (primary N) is 1. The third kappa shape index (κ3) is 3.19. The molecule has 2 rings (SSSR count). The molecule has 0 radical (unpaired) electrons. The molecule has 2 atom stereocenters. The molecule has 1 saturated heterocycles. The van der Waals surface area contributed by atoms with Crippen LogP contribution in [0, 0.1) is 0 Å². The first-order valence-corrected chi connectivity index (χ1v) is 7.10. The summed E-state index contributed by atoms with van der Waals surface area (Å²) < 4.78 is 7.68. The summed E-state index contributed by atoms with van der Waals surface area (Å²) in [5.74, 6) is 0.946. The van der Waals surface area contributed by atoms with Crippen LogP contribution < -0.4 is 10.6 Å². The minimum atomic E-state index is 0.0797. The Balaban J connectivity index is 2.20. The first kappa shape index (κ1) is 13.3. The summed E-state index contributed by atoms with van der Waals surface area (Å²) in [7, 11) is 0. The van der Waals surface area contributed by atoms with Crippen molar-refractivity contribution in [1.82, 2.24) is 4.98 Å². The molecule has 0 aromatic carbocycles. The molecule has 1 aromatic heterocycles. The molecule has 0 spiro atoms. The molecule has 17 heavy (non-hydrogen) atoms. The lowest BCUT2D eigenvalue weighted by Crippen LogP contribution is -2.49. The zero-order chi connectivity index (χ0) is 12.4. The maximum Gasteiger partial charge on any atom is 0.143 e. The number of halogens is 2. The second-order valence-corrected chi connectivity index (χ2v) is 5.94. The molecule has 0 aliphatic carbocycles. The molecule has 1 aliphatic heterocycles. The Morgan fingerprint density at radius 3 is 2.94 bits per heavy atom. The zero-order valence-electron chi connectivity index (χ0n) is 9.57. The van der Waals surface area contributed by atoms with Crippen LogP contribution in [-0.4, -0.2) is 36.8 Å². The van der Waals surface area contributed by atoms with E-state index in [4.69, 9.17) is 10.5 Å². The van der Waals surface area contributed by atoms with Crippen LogP contribution in [0.4, 0.5) is 5.82 Å². The van der Waals surface area contributed by atoms with Gasteiger partial charge in [0, 0.05) is 30.3 Å². The minimum Gasteiger partial charge on any atom is -0.370 e. The minimum absolute atomic E-state index is 0.0797. The summed E-state index contributed by atoms with van der Waals surface area (Å²) in [5, 5.41) is 0.